The van der Waals surface area contributed by atoms with Crippen LogP contribution in [0.1, 0.15) is 37.8 Å². The zero-order chi connectivity index (χ0) is 10.7. The molecule has 1 heterocycles. The van der Waals surface area contributed by atoms with Crippen LogP contribution in [0.2, 0.25) is 0 Å². The first-order valence-corrected chi connectivity index (χ1v) is 6.22. The summed E-state index contributed by atoms with van der Waals surface area (Å²) in [7, 11) is 0. The molecule has 1 aliphatic heterocycles. The maximum atomic E-state index is 2.55. The Morgan fingerprint density at radius 1 is 1.27 bits per heavy atom. The summed E-state index contributed by atoms with van der Waals surface area (Å²) in [6.07, 6.45) is 4.97. The summed E-state index contributed by atoms with van der Waals surface area (Å²) in [6.45, 7) is 6.95. The molecule has 0 amide bonds. The summed E-state index contributed by atoms with van der Waals surface area (Å²) in [6, 6.07) is 7.01. The Bertz CT molecular complexity index is 330. The first-order chi connectivity index (χ1) is 7.35. The normalized spacial score (nSPS) is 15.2. The monoisotopic (exact) mass is 203 g/mol. The second-order valence-electron chi connectivity index (χ2n) is 4.41. The van der Waals surface area contributed by atoms with Gasteiger partial charge in [-0.05, 0) is 42.9 Å². The van der Waals surface area contributed by atoms with E-state index in [9.17, 15) is 0 Å². The molecule has 1 aromatic carbocycles. The lowest BCUT2D eigenvalue weighted by Crippen LogP contribution is -2.30. The van der Waals surface area contributed by atoms with Gasteiger partial charge in [-0.15, -0.1) is 0 Å². The van der Waals surface area contributed by atoms with Crippen LogP contribution in [0, 0.1) is 0 Å². The molecule has 1 heteroatoms. The molecule has 0 radical (unpaired) electrons. The van der Waals surface area contributed by atoms with E-state index in [0.29, 0.717) is 0 Å². The van der Waals surface area contributed by atoms with Crippen LogP contribution in [0.25, 0.3) is 0 Å². The Hall–Kier alpha value is -0.980. The fourth-order valence-corrected chi connectivity index (χ4v) is 2.42. The number of rotatable bonds is 3. The molecule has 0 saturated carbocycles. The van der Waals surface area contributed by atoms with Gasteiger partial charge < -0.3 is 4.90 Å². The highest BCUT2D eigenvalue weighted by molar-refractivity contribution is 5.57. The highest BCUT2D eigenvalue weighted by Gasteiger charge is 2.15. The van der Waals surface area contributed by atoms with Gasteiger partial charge in [0.25, 0.3) is 0 Å². The van der Waals surface area contributed by atoms with Crippen LogP contribution in [0.15, 0.2) is 18.2 Å². The van der Waals surface area contributed by atoms with Gasteiger partial charge in [-0.3, -0.25) is 0 Å². The van der Waals surface area contributed by atoms with E-state index in [1.807, 2.05) is 0 Å². The fraction of sp³-hybridized carbons (Fsp3) is 0.571. The Labute approximate surface area is 93.1 Å². The van der Waals surface area contributed by atoms with Crippen LogP contribution >= 0.6 is 0 Å². The summed E-state index contributed by atoms with van der Waals surface area (Å²) >= 11 is 0. The molecule has 82 valence electrons. The number of fused-ring (bicyclic) bond motifs is 1. The van der Waals surface area contributed by atoms with Crippen molar-refractivity contribution in [3.8, 4) is 0 Å². The van der Waals surface area contributed by atoms with E-state index in [-0.39, 0.29) is 0 Å². The van der Waals surface area contributed by atoms with Gasteiger partial charge in [0.15, 0.2) is 0 Å². The molecule has 0 aromatic heterocycles. The number of aryl methyl sites for hydroxylation is 2. The van der Waals surface area contributed by atoms with E-state index in [4.69, 9.17) is 0 Å². The summed E-state index contributed by atoms with van der Waals surface area (Å²) in [5, 5.41) is 0. The molecule has 0 fully saturated rings. The lowest BCUT2D eigenvalue weighted by molar-refractivity contribution is 0.680. The van der Waals surface area contributed by atoms with Crippen molar-refractivity contribution >= 4 is 5.69 Å². The van der Waals surface area contributed by atoms with Gasteiger partial charge >= 0.3 is 0 Å². The lowest BCUT2D eigenvalue weighted by Gasteiger charge is -2.31. The van der Waals surface area contributed by atoms with Gasteiger partial charge in [-0.2, -0.15) is 0 Å². The van der Waals surface area contributed by atoms with Crippen molar-refractivity contribution in [1.82, 2.24) is 0 Å². The van der Waals surface area contributed by atoms with Crippen molar-refractivity contribution < 1.29 is 0 Å². The van der Waals surface area contributed by atoms with Gasteiger partial charge in [0, 0.05) is 18.8 Å². The molecular formula is C14H21N. The molecule has 2 rings (SSSR count). The molecule has 0 spiro atoms. The lowest BCUT2D eigenvalue weighted by atomic mass is 9.98. The van der Waals surface area contributed by atoms with Gasteiger partial charge in [0.05, 0.1) is 0 Å². The molecule has 0 bridgehead atoms. The van der Waals surface area contributed by atoms with Gasteiger partial charge in [-0.25, -0.2) is 0 Å². The van der Waals surface area contributed by atoms with E-state index in [0.717, 1.165) is 6.42 Å². The van der Waals surface area contributed by atoms with E-state index >= 15 is 0 Å². The molecular weight excluding hydrogens is 182 g/mol. The fourth-order valence-electron chi connectivity index (χ4n) is 2.42. The standard InChI is InChI=1S/C14H21N/c1-3-9-15-10-5-6-13-8-7-12(4-2)11-14(13)15/h7-8,11H,3-6,9-10H2,1-2H3. The molecule has 1 nitrogen and oxygen atoms in total. The molecule has 0 aliphatic carbocycles. The second kappa shape index (κ2) is 4.69. The van der Waals surface area contributed by atoms with Gasteiger partial charge in [0.1, 0.15) is 0 Å². The summed E-state index contributed by atoms with van der Waals surface area (Å²) in [5.74, 6) is 0. The van der Waals surface area contributed by atoms with E-state index < -0.39 is 0 Å². The van der Waals surface area contributed by atoms with Crippen molar-refractivity contribution in [3.63, 3.8) is 0 Å². The van der Waals surface area contributed by atoms with E-state index in [1.54, 1.807) is 5.56 Å². The van der Waals surface area contributed by atoms with Crippen molar-refractivity contribution in [2.24, 2.45) is 0 Å². The second-order valence-corrected chi connectivity index (χ2v) is 4.41. The zero-order valence-electron chi connectivity index (χ0n) is 9.92. The predicted molar refractivity (Wildman–Crippen MR) is 66.6 cm³/mol. The van der Waals surface area contributed by atoms with Gasteiger partial charge in [0.2, 0.25) is 0 Å². The quantitative estimate of drug-likeness (QED) is 0.727. The summed E-state index contributed by atoms with van der Waals surface area (Å²) in [4.78, 5) is 2.55. The maximum absolute atomic E-state index is 2.55. The average Bonchev–Trinajstić information content (AvgIpc) is 2.29. The SMILES string of the molecule is CCCN1CCCc2ccc(CC)cc21. The number of benzene rings is 1. The molecule has 0 saturated heterocycles. The third kappa shape index (κ3) is 2.17. The number of nitrogens with zero attached hydrogens (tertiary/aromatic N) is 1. The summed E-state index contributed by atoms with van der Waals surface area (Å²) in [5.41, 5.74) is 4.52. The molecule has 0 atom stereocenters. The van der Waals surface area contributed by atoms with Crippen LogP contribution in [0.4, 0.5) is 5.69 Å². The van der Waals surface area contributed by atoms with Crippen LogP contribution < -0.4 is 4.90 Å². The van der Waals surface area contributed by atoms with Gasteiger partial charge in [-0.1, -0.05) is 26.0 Å². The van der Waals surface area contributed by atoms with Crippen molar-refractivity contribution in [3.05, 3.63) is 29.3 Å². The minimum absolute atomic E-state index is 1.15. The minimum Gasteiger partial charge on any atom is -0.371 e. The summed E-state index contributed by atoms with van der Waals surface area (Å²) < 4.78 is 0. The largest absolute Gasteiger partial charge is 0.371 e. The van der Waals surface area contributed by atoms with E-state index in [2.05, 4.69) is 36.9 Å². The topological polar surface area (TPSA) is 3.24 Å². The molecule has 0 unspecified atom stereocenters. The number of anilines is 1. The molecule has 15 heavy (non-hydrogen) atoms. The Morgan fingerprint density at radius 2 is 2.13 bits per heavy atom. The Morgan fingerprint density at radius 3 is 2.87 bits per heavy atom. The molecule has 1 aromatic rings. The number of hydrogen-bond donors (Lipinski definition) is 0. The third-order valence-electron chi connectivity index (χ3n) is 3.27. The Balaban J connectivity index is 2.30. The Kier molecular flexibility index (Phi) is 3.30. The maximum Gasteiger partial charge on any atom is 0.0401 e. The van der Waals surface area contributed by atoms with Crippen LogP contribution in [-0.2, 0) is 12.8 Å². The van der Waals surface area contributed by atoms with Crippen LogP contribution in [0.5, 0.6) is 0 Å². The first kappa shape index (κ1) is 10.5. The zero-order valence-corrected chi connectivity index (χ0v) is 9.92. The van der Waals surface area contributed by atoms with Crippen LogP contribution in [0.3, 0.4) is 0 Å². The first-order valence-electron chi connectivity index (χ1n) is 6.22. The van der Waals surface area contributed by atoms with Crippen molar-refractivity contribution in [2.75, 3.05) is 18.0 Å². The van der Waals surface area contributed by atoms with Crippen molar-refractivity contribution in [1.29, 1.82) is 0 Å². The molecule has 0 N–H and O–H groups in total. The van der Waals surface area contributed by atoms with E-state index in [1.165, 1.54) is 43.6 Å². The average molecular weight is 203 g/mol. The smallest absolute Gasteiger partial charge is 0.0401 e. The number of hydrogen-bond acceptors (Lipinski definition) is 1. The van der Waals surface area contributed by atoms with Crippen LogP contribution in [-0.4, -0.2) is 13.1 Å². The molecule has 1 aliphatic rings. The highest BCUT2D eigenvalue weighted by atomic mass is 15.1. The third-order valence-corrected chi connectivity index (χ3v) is 3.27. The highest BCUT2D eigenvalue weighted by Crippen LogP contribution is 2.28. The predicted octanol–water partition coefficient (Wildman–Crippen LogP) is 3.41. The minimum atomic E-state index is 1.15. The van der Waals surface area contributed by atoms with Crippen molar-refractivity contribution in [2.45, 2.75) is 39.5 Å².